The number of hydrogen-bond donors (Lipinski definition) is 1. The average molecular weight is 299 g/mol. The summed E-state index contributed by atoms with van der Waals surface area (Å²) in [6.07, 6.45) is 5.09. The first-order valence-electron chi connectivity index (χ1n) is 7.98. The van der Waals surface area contributed by atoms with Gasteiger partial charge in [0.2, 0.25) is 6.41 Å². The van der Waals surface area contributed by atoms with Crippen molar-refractivity contribution in [3.05, 3.63) is 0 Å². The second-order valence-corrected chi connectivity index (χ2v) is 5.75. The molecule has 6 nitrogen and oxygen atoms in total. The van der Waals surface area contributed by atoms with Crippen LogP contribution in [0.15, 0.2) is 0 Å². The van der Waals surface area contributed by atoms with Crippen molar-refractivity contribution >= 4 is 12.5 Å². The summed E-state index contributed by atoms with van der Waals surface area (Å²) in [4.78, 5) is 26.0. The lowest BCUT2D eigenvalue weighted by Crippen LogP contribution is -2.49. The Hall–Kier alpha value is -1.30. The Bertz CT molecular complexity index is 303. The van der Waals surface area contributed by atoms with Crippen molar-refractivity contribution in [2.75, 3.05) is 39.3 Å². The Labute approximate surface area is 127 Å². The van der Waals surface area contributed by atoms with E-state index in [0.29, 0.717) is 0 Å². The lowest BCUT2D eigenvalue weighted by Gasteiger charge is -2.34. The predicted octanol–water partition coefficient (Wildman–Crippen LogP) is 1.46. The van der Waals surface area contributed by atoms with E-state index in [1.165, 1.54) is 12.8 Å². The Kier molecular flexibility index (Phi) is 8.82. The van der Waals surface area contributed by atoms with E-state index in [2.05, 4.69) is 10.2 Å². The molecule has 1 aliphatic heterocycles. The molecule has 1 heterocycles. The van der Waals surface area contributed by atoms with Crippen LogP contribution in [0.3, 0.4) is 0 Å². The third-order valence-electron chi connectivity index (χ3n) is 3.60. The minimum Gasteiger partial charge on any atom is -0.447 e. The molecule has 0 aromatic rings. The van der Waals surface area contributed by atoms with Crippen molar-refractivity contribution in [3.8, 4) is 0 Å². The van der Waals surface area contributed by atoms with Crippen LogP contribution in [0.25, 0.3) is 0 Å². The summed E-state index contributed by atoms with van der Waals surface area (Å²) in [7, 11) is 0. The molecule has 0 aromatic heterocycles. The van der Waals surface area contributed by atoms with Crippen LogP contribution in [0, 0.1) is 0 Å². The van der Waals surface area contributed by atoms with Crippen molar-refractivity contribution in [2.24, 2.45) is 0 Å². The molecule has 0 atom stereocenters. The Morgan fingerprint density at radius 1 is 1.14 bits per heavy atom. The molecule has 0 aliphatic carbocycles. The van der Waals surface area contributed by atoms with Gasteiger partial charge < -0.3 is 15.0 Å². The smallest absolute Gasteiger partial charge is 0.410 e. The van der Waals surface area contributed by atoms with Gasteiger partial charge in [0, 0.05) is 32.7 Å². The number of amides is 2. The molecule has 0 unspecified atom stereocenters. The normalized spacial score (nSPS) is 16.0. The second kappa shape index (κ2) is 10.4. The lowest BCUT2D eigenvalue weighted by molar-refractivity contribution is -0.109. The fourth-order valence-electron chi connectivity index (χ4n) is 2.41. The Morgan fingerprint density at radius 3 is 2.43 bits per heavy atom. The fourth-order valence-corrected chi connectivity index (χ4v) is 2.41. The van der Waals surface area contributed by atoms with Gasteiger partial charge in [-0.2, -0.15) is 0 Å². The number of nitrogens with zero attached hydrogens (tertiary/aromatic N) is 2. The van der Waals surface area contributed by atoms with Crippen LogP contribution in [0.5, 0.6) is 0 Å². The maximum atomic E-state index is 11.8. The molecule has 1 fully saturated rings. The summed E-state index contributed by atoms with van der Waals surface area (Å²) in [6, 6.07) is 0. The van der Waals surface area contributed by atoms with Gasteiger partial charge in [-0.05, 0) is 33.2 Å². The average Bonchev–Trinajstić information content (AvgIpc) is 2.46. The van der Waals surface area contributed by atoms with E-state index in [1.54, 1.807) is 4.90 Å². The van der Waals surface area contributed by atoms with E-state index in [9.17, 15) is 9.59 Å². The number of nitrogens with one attached hydrogen (secondary N) is 1. The largest absolute Gasteiger partial charge is 0.447 e. The minimum atomic E-state index is -0.188. The van der Waals surface area contributed by atoms with Gasteiger partial charge in [0.1, 0.15) is 0 Å². The van der Waals surface area contributed by atoms with Crippen LogP contribution in [0.1, 0.15) is 39.5 Å². The van der Waals surface area contributed by atoms with Crippen LogP contribution >= 0.6 is 0 Å². The lowest BCUT2D eigenvalue weighted by atomic mass is 10.2. The van der Waals surface area contributed by atoms with E-state index < -0.39 is 0 Å². The van der Waals surface area contributed by atoms with Crippen LogP contribution < -0.4 is 5.32 Å². The molecule has 122 valence electrons. The number of rotatable bonds is 9. The second-order valence-electron chi connectivity index (χ2n) is 5.75. The van der Waals surface area contributed by atoms with Crippen molar-refractivity contribution in [1.29, 1.82) is 0 Å². The molecule has 0 aromatic carbocycles. The first-order valence-corrected chi connectivity index (χ1v) is 7.98. The molecule has 1 rings (SSSR count). The quantitative estimate of drug-likeness (QED) is 0.517. The standard InChI is InChI=1S/C15H29N3O3/c1-14(2)21-15(20)18-11-9-17(10-12-18)8-6-4-3-5-7-16-13-19/h13-14H,3-12H2,1-2H3,(H,16,19). The van der Waals surface area contributed by atoms with Crippen LogP contribution in [0.4, 0.5) is 4.79 Å². The first kappa shape index (κ1) is 17.8. The SMILES string of the molecule is CC(C)OC(=O)N1CCN(CCCCCCNC=O)CC1. The van der Waals surface area contributed by atoms with E-state index in [4.69, 9.17) is 4.74 Å². The molecule has 0 bridgehead atoms. The molecule has 6 heteroatoms. The molecule has 1 saturated heterocycles. The van der Waals surface area contributed by atoms with Crippen molar-refractivity contribution in [3.63, 3.8) is 0 Å². The third kappa shape index (κ3) is 7.90. The van der Waals surface area contributed by atoms with Crippen molar-refractivity contribution in [2.45, 2.75) is 45.6 Å². The Balaban J connectivity index is 2.03. The highest BCUT2D eigenvalue weighted by Crippen LogP contribution is 2.07. The number of piperazine rings is 1. The summed E-state index contributed by atoms with van der Waals surface area (Å²) < 4.78 is 5.21. The number of ether oxygens (including phenoxy) is 1. The zero-order valence-corrected chi connectivity index (χ0v) is 13.3. The highest BCUT2D eigenvalue weighted by atomic mass is 16.6. The topological polar surface area (TPSA) is 61.9 Å². The summed E-state index contributed by atoms with van der Waals surface area (Å²) in [5.74, 6) is 0. The van der Waals surface area contributed by atoms with Crippen LogP contribution in [0.2, 0.25) is 0 Å². The van der Waals surface area contributed by atoms with Gasteiger partial charge in [-0.1, -0.05) is 12.8 Å². The summed E-state index contributed by atoms with van der Waals surface area (Å²) in [5.41, 5.74) is 0. The summed E-state index contributed by atoms with van der Waals surface area (Å²) >= 11 is 0. The first-order chi connectivity index (χ1) is 10.1. The maximum Gasteiger partial charge on any atom is 0.410 e. The third-order valence-corrected chi connectivity index (χ3v) is 3.60. The highest BCUT2D eigenvalue weighted by Gasteiger charge is 2.22. The van der Waals surface area contributed by atoms with Gasteiger partial charge in [-0.25, -0.2) is 4.79 Å². The summed E-state index contributed by atoms with van der Waals surface area (Å²) in [6.45, 7) is 9.00. The molecular formula is C15H29N3O3. The molecule has 1 aliphatic rings. The van der Waals surface area contributed by atoms with Gasteiger partial charge in [-0.15, -0.1) is 0 Å². The number of carbonyl (C=O) groups is 2. The highest BCUT2D eigenvalue weighted by molar-refractivity contribution is 5.67. The van der Waals surface area contributed by atoms with Crippen LogP contribution in [-0.4, -0.2) is 67.7 Å². The summed E-state index contributed by atoms with van der Waals surface area (Å²) in [5, 5.41) is 2.68. The number of hydrogen-bond acceptors (Lipinski definition) is 4. The van der Waals surface area contributed by atoms with E-state index in [-0.39, 0.29) is 12.2 Å². The molecule has 0 spiro atoms. The Morgan fingerprint density at radius 2 is 1.81 bits per heavy atom. The van der Waals surface area contributed by atoms with Gasteiger partial charge >= 0.3 is 6.09 Å². The molecule has 0 radical (unpaired) electrons. The maximum absolute atomic E-state index is 11.8. The fraction of sp³-hybridized carbons (Fsp3) is 0.867. The minimum absolute atomic E-state index is 0.0516. The van der Waals surface area contributed by atoms with Crippen LogP contribution in [-0.2, 0) is 9.53 Å². The number of carbonyl (C=O) groups excluding carboxylic acids is 2. The molecule has 0 saturated carbocycles. The van der Waals surface area contributed by atoms with Gasteiger partial charge in [0.25, 0.3) is 0 Å². The van der Waals surface area contributed by atoms with E-state index in [1.807, 2.05) is 13.8 Å². The molecule has 1 N–H and O–H groups in total. The van der Waals surface area contributed by atoms with Gasteiger partial charge in [-0.3, -0.25) is 9.69 Å². The zero-order valence-electron chi connectivity index (χ0n) is 13.3. The molecule has 2 amide bonds. The molecular weight excluding hydrogens is 270 g/mol. The van der Waals surface area contributed by atoms with E-state index in [0.717, 1.165) is 58.5 Å². The van der Waals surface area contributed by atoms with Crippen molar-refractivity contribution < 1.29 is 14.3 Å². The van der Waals surface area contributed by atoms with E-state index >= 15 is 0 Å². The monoisotopic (exact) mass is 299 g/mol. The molecule has 21 heavy (non-hydrogen) atoms. The zero-order chi connectivity index (χ0) is 15.5. The van der Waals surface area contributed by atoms with Gasteiger partial charge in [0.15, 0.2) is 0 Å². The van der Waals surface area contributed by atoms with Crippen molar-refractivity contribution in [1.82, 2.24) is 15.1 Å². The number of unbranched alkanes of at least 4 members (excludes halogenated alkanes) is 3. The van der Waals surface area contributed by atoms with Gasteiger partial charge in [0.05, 0.1) is 6.10 Å². The predicted molar refractivity (Wildman–Crippen MR) is 82.2 cm³/mol.